The van der Waals surface area contributed by atoms with E-state index in [9.17, 15) is 14.0 Å². The van der Waals surface area contributed by atoms with Crippen LogP contribution in [0, 0.1) is 11.7 Å². The van der Waals surface area contributed by atoms with Crippen LogP contribution in [0.1, 0.15) is 36.0 Å². The quantitative estimate of drug-likeness (QED) is 0.787. The van der Waals surface area contributed by atoms with E-state index in [1.807, 2.05) is 0 Å². The molecule has 0 aliphatic carbocycles. The molecule has 1 aromatic rings. The van der Waals surface area contributed by atoms with Crippen LogP contribution in [0.4, 0.5) is 4.39 Å². The molecule has 1 atom stereocenters. The Morgan fingerprint density at radius 2 is 2.00 bits per heavy atom. The van der Waals surface area contributed by atoms with Crippen molar-refractivity contribution in [1.29, 1.82) is 0 Å². The lowest BCUT2D eigenvalue weighted by Gasteiger charge is -2.22. The van der Waals surface area contributed by atoms with Gasteiger partial charge in [0, 0.05) is 24.9 Å². The van der Waals surface area contributed by atoms with Gasteiger partial charge < -0.3 is 10.6 Å². The molecule has 1 aliphatic rings. The second-order valence-corrected chi connectivity index (χ2v) is 5.45. The van der Waals surface area contributed by atoms with E-state index >= 15 is 0 Å². The maximum absolute atomic E-state index is 12.8. The van der Waals surface area contributed by atoms with Crippen molar-refractivity contribution in [3.63, 3.8) is 0 Å². The number of hydrogen-bond acceptors (Lipinski definition) is 3. The number of nitrogens with one attached hydrogen (secondary N) is 2. The van der Waals surface area contributed by atoms with Gasteiger partial charge in [-0.05, 0) is 56.1 Å². The van der Waals surface area contributed by atoms with Gasteiger partial charge in [0.15, 0.2) is 5.78 Å². The normalized spacial score (nSPS) is 18.2. The molecule has 0 spiro atoms. The predicted octanol–water partition coefficient (Wildman–Crippen LogP) is 1.90. The average molecular weight is 292 g/mol. The Hall–Kier alpha value is -1.75. The van der Waals surface area contributed by atoms with Crippen molar-refractivity contribution in [1.82, 2.24) is 10.6 Å². The largest absolute Gasteiger partial charge is 0.356 e. The van der Waals surface area contributed by atoms with E-state index in [4.69, 9.17) is 0 Å². The number of halogens is 1. The molecule has 1 aliphatic heterocycles. The van der Waals surface area contributed by atoms with Crippen LogP contribution in [0.3, 0.4) is 0 Å². The lowest BCUT2D eigenvalue weighted by Crippen LogP contribution is -2.38. The van der Waals surface area contributed by atoms with Crippen molar-refractivity contribution < 1.29 is 14.0 Å². The van der Waals surface area contributed by atoms with Gasteiger partial charge in [0.05, 0.1) is 0 Å². The fraction of sp³-hybridized carbons (Fsp3) is 0.500. The maximum atomic E-state index is 12.8. The lowest BCUT2D eigenvalue weighted by atomic mass is 9.99. The number of amides is 1. The molecule has 5 heteroatoms. The van der Waals surface area contributed by atoms with E-state index in [2.05, 4.69) is 10.6 Å². The number of Topliss-reactive ketones (excluding diaryl/α,β-unsaturated/α-hetero) is 1. The summed E-state index contributed by atoms with van der Waals surface area (Å²) in [5, 5.41) is 6.18. The molecule has 0 aromatic heterocycles. The summed E-state index contributed by atoms with van der Waals surface area (Å²) in [6.45, 7) is 2.65. The summed E-state index contributed by atoms with van der Waals surface area (Å²) in [4.78, 5) is 23.6. The summed E-state index contributed by atoms with van der Waals surface area (Å²) in [7, 11) is 0. The first-order valence-corrected chi connectivity index (χ1v) is 7.41. The van der Waals surface area contributed by atoms with Crippen LogP contribution in [0.2, 0.25) is 0 Å². The molecule has 1 amide bonds. The Labute approximate surface area is 124 Å². The van der Waals surface area contributed by atoms with Crippen LogP contribution in [-0.4, -0.2) is 31.3 Å². The van der Waals surface area contributed by atoms with Gasteiger partial charge in [0.2, 0.25) is 5.91 Å². The van der Waals surface area contributed by atoms with E-state index in [1.165, 1.54) is 24.3 Å². The van der Waals surface area contributed by atoms with E-state index in [0.717, 1.165) is 25.9 Å². The zero-order chi connectivity index (χ0) is 15.1. The SMILES string of the molecule is O=C(CCC(=O)c1ccc(F)cc1)NCC1CCCNC1. The minimum absolute atomic E-state index is 0.101. The highest BCUT2D eigenvalue weighted by Gasteiger charge is 2.14. The van der Waals surface area contributed by atoms with Crippen molar-refractivity contribution in [2.45, 2.75) is 25.7 Å². The molecule has 1 fully saturated rings. The van der Waals surface area contributed by atoms with E-state index in [0.29, 0.717) is 18.0 Å². The zero-order valence-corrected chi connectivity index (χ0v) is 12.0. The van der Waals surface area contributed by atoms with Gasteiger partial charge >= 0.3 is 0 Å². The minimum atomic E-state index is -0.370. The van der Waals surface area contributed by atoms with Crippen molar-refractivity contribution in [2.24, 2.45) is 5.92 Å². The van der Waals surface area contributed by atoms with Crippen molar-refractivity contribution in [3.8, 4) is 0 Å². The second-order valence-electron chi connectivity index (χ2n) is 5.45. The molecule has 0 saturated carbocycles. The fourth-order valence-corrected chi connectivity index (χ4v) is 2.45. The van der Waals surface area contributed by atoms with Crippen LogP contribution >= 0.6 is 0 Å². The van der Waals surface area contributed by atoms with E-state index < -0.39 is 0 Å². The molecular weight excluding hydrogens is 271 g/mol. The number of ketones is 1. The third kappa shape index (κ3) is 5.27. The first-order chi connectivity index (χ1) is 10.1. The second kappa shape index (κ2) is 7.88. The van der Waals surface area contributed by atoms with Gasteiger partial charge in [0.25, 0.3) is 0 Å². The van der Waals surface area contributed by atoms with Gasteiger partial charge in [-0.3, -0.25) is 9.59 Å². The Morgan fingerprint density at radius 3 is 2.67 bits per heavy atom. The summed E-state index contributed by atoms with van der Waals surface area (Å²) in [5.74, 6) is -0.124. The summed E-state index contributed by atoms with van der Waals surface area (Å²) in [6, 6.07) is 5.40. The first kappa shape index (κ1) is 15.6. The third-order valence-corrected chi connectivity index (χ3v) is 3.73. The number of piperidine rings is 1. The summed E-state index contributed by atoms with van der Waals surface area (Å²) in [5.41, 5.74) is 0.445. The number of benzene rings is 1. The highest BCUT2D eigenvalue weighted by molar-refractivity contribution is 5.97. The fourth-order valence-electron chi connectivity index (χ4n) is 2.45. The molecule has 2 N–H and O–H groups in total. The van der Waals surface area contributed by atoms with Crippen LogP contribution in [0.25, 0.3) is 0 Å². The molecule has 114 valence electrons. The van der Waals surface area contributed by atoms with Gasteiger partial charge in [0.1, 0.15) is 5.82 Å². The monoisotopic (exact) mass is 292 g/mol. The van der Waals surface area contributed by atoms with Gasteiger partial charge in [-0.2, -0.15) is 0 Å². The highest BCUT2D eigenvalue weighted by atomic mass is 19.1. The maximum Gasteiger partial charge on any atom is 0.220 e. The summed E-state index contributed by atoms with van der Waals surface area (Å²) >= 11 is 0. The van der Waals surface area contributed by atoms with E-state index in [1.54, 1.807) is 0 Å². The molecule has 1 saturated heterocycles. The third-order valence-electron chi connectivity index (χ3n) is 3.73. The molecule has 0 radical (unpaired) electrons. The van der Waals surface area contributed by atoms with Gasteiger partial charge in [-0.1, -0.05) is 0 Å². The smallest absolute Gasteiger partial charge is 0.220 e. The van der Waals surface area contributed by atoms with Crippen LogP contribution < -0.4 is 10.6 Å². The van der Waals surface area contributed by atoms with Gasteiger partial charge in [-0.25, -0.2) is 4.39 Å². The molecule has 1 heterocycles. The van der Waals surface area contributed by atoms with Crippen molar-refractivity contribution in [3.05, 3.63) is 35.6 Å². The highest BCUT2D eigenvalue weighted by Crippen LogP contribution is 2.09. The van der Waals surface area contributed by atoms with Crippen molar-refractivity contribution in [2.75, 3.05) is 19.6 Å². The zero-order valence-electron chi connectivity index (χ0n) is 12.0. The Bertz CT molecular complexity index is 482. The molecule has 4 nitrogen and oxygen atoms in total. The first-order valence-electron chi connectivity index (χ1n) is 7.41. The molecule has 1 aromatic carbocycles. The standard InChI is InChI=1S/C16H21FN2O2/c17-14-5-3-13(4-6-14)15(20)7-8-16(21)19-11-12-2-1-9-18-10-12/h3-6,12,18H,1-2,7-11H2,(H,19,21). The lowest BCUT2D eigenvalue weighted by molar-refractivity contribution is -0.121. The number of carbonyl (C=O) groups excluding carboxylic acids is 2. The number of rotatable bonds is 6. The van der Waals surface area contributed by atoms with Crippen molar-refractivity contribution >= 4 is 11.7 Å². The summed E-state index contributed by atoms with van der Waals surface area (Å²) in [6.07, 6.45) is 2.60. The molecule has 21 heavy (non-hydrogen) atoms. The molecular formula is C16H21FN2O2. The van der Waals surface area contributed by atoms with Crippen LogP contribution in [0.5, 0.6) is 0 Å². The number of carbonyl (C=O) groups is 2. The van der Waals surface area contributed by atoms with Crippen LogP contribution in [0.15, 0.2) is 24.3 Å². The molecule has 0 bridgehead atoms. The van der Waals surface area contributed by atoms with E-state index in [-0.39, 0.29) is 30.3 Å². The van der Waals surface area contributed by atoms with Crippen LogP contribution in [-0.2, 0) is 4.79 Å². The average Bonchev–Trinajstić information content (AvgIpc) is 2.52. The predicted molar refractivity (Wildman–Crippen MR) is 78.6 cm³/mol. The minimum Gasteiger partial charge on any atom is -0.356 e. The van der Waals surface area contributed by atoms with Gasteiger partial charge in [-0.15, -0.1) is 0 Å². The molecule has 1 unspecified atom stereocenters. The Morgan fingerprint density at radius 1 is 1.24 bits per heavy atom. The Balaban J connectivity index is 1.68. The molecule has 2 rings (SSSR count). The topological polar surface area (TPSA) is 58.2 Å². The number of hydrogen-bond donors (Lipinski definition) is 2. The Kier molecular flexibility index (Phi) is 5.87. The summed E-state index contributed by atoms with van der Waals surface area (Å²) < 4.78 is 12.8.